The lowest BCUT2D eigenvalue weighted by Crippen LogP contribution is -2.25. The molecule has 1 atom stereocenters. The fourth-order valence-corrected chi connectivity index (χ4v) is 2.26. The van der Waals surface area contributed by atoms with Crippen molar-refractivity contribution >= 4 is 0 Å². The largest absolute Gasteiger partial charge is 0.508 e. The summed E-state index contributed by atoms with van der Waals surface area (Å²) in [5.41, 5.74) is 3.93. The van der Waals surface area contributed by atoms with E-state index in [2.05, 4.69) is 43.4 Å². The lowest BCUT2D eigenvalue weighted by Gasteiger charge is -2.14. The van der Waals surface area contributed by atoms with E-state index in [1.165, 1.54) is 16.7 Å². The standard InChI is InChI=1S/C18H23NO/c1-14-4-3-5-16(12-14)7-6-15(2)19-13-17-8-10-18(20)11-9-17/h3-5,8-12,15,19-20H,6-7,13H2,1-2H3. The van der Waals surface area contributed by atoms with E-state index in [-0.39, 0.29) is 0 Å². The van der Waals surface area contributed by atoms with Gasteiger partial charge in [-0.25, -0.2) is 0 Å². The van der Waals surface area contributed by atoms with Gasteiger partial charge < -0.3 is 10.4 Å². The summed E-state index contributed by atoms with van der Waals surface area (Å²) in [4.78, 5) is 0. The van der Waals surface area contributed by atoms with Gasteiger partial charge in [0.15, 0.2) is 0 Å². The van der Waals surface area contributed by atoms with Gasteiger partial charge in [0.2, 0.25) is 0 Å². The Morgan fingerprint density at radius 3 is 2.50 bits per heavy atom. The quantitative estimate of drug-likeness (QED) is 0.835. The highest BCUT2D eigenvalue weighted by molar-refractivity contribution is 5.26. The van der Waals surface area contributed by atoms with E-state index in [1.54, 1.807) is 12.1 Å². The van der Waals surface area contributed by atoms with Crippen molar-refractivity contribution in [1.29, 1.82) is 0 Å². The van der Waals surface area contributed by atoms with Gasteiger partial charge in [0.1, 0.15) is 5.75 Å². The molecule has 0 saturated heterocycles. The molecule has 2 N–H and O–H groups in total. The Bertz CT molecular complexity index is 533. The van der Waals surface area contributed by atoms with Crippen LogP contribution in [0.1, 0.15) is 30.0 Å². The molecule has 0 bridgehead atoms. The third kappa shape index (κ3) is 4.71. The predicted octanol–water partition coefficient (Wildman–Crippen LogP) is 3.81. The van der Waals surface area contributed by atoms with Gasteiger partial charge in [0, 0.05) is 12.6 Å². The second kappa shape index (κ2) is 7.11. The van der Waals surface area contributed by atoms with Crippen LogP contribution >= 0.6 is 0 Å². The SMILES string of the molecule is Cc1cccc(CCC(C)NCc2ccc(O)cc2)c1. The molecular weight excluding hydrogens is 246 g/mol. The zero-order chi connectivity index (χ0) is 14.4. The third-order valence-electron chi connectivity index (χ3n) is 3.54. The Labute approximate surface area is 121 Å². The van der Waals surface area contributed by atoms with Crippen LogP contribution in [0.5, 0.6) is 5.75 Å². The Kier molecular flexibility index (Phi) is 5.19. The molecule has 0 amide bonds. The lowest BCUT2D eigenvalue weighted by molar-refractivity contribution is 0.474. The van der Waals surface area contributed by atoms with Crippen LogP contribution in [0.15, 0.2) is 48.5 Å². The van der Waals surface area contributed by atoms with Crippen LogP contribution < -0.4 is 5.32 Å². The van der Waals surface area contributed by atoms with Gasteiger partial charge in [-0.2, -0.15) is 0 Å². The highest BCUT2D eigenvalue weighted by atomic mass is 16.3. The highest BCUT2D eigenvalue weighted by Gasteiger charge is 2.03. The van der Waals surface area contributed by atoms with Crippen molar-refractivity contribution in [3.05, 3.63) is 65.2 Å². The molecule has 0 fully saturated rings. The van der Waals surface area contributed by atoms with E-state index in [0.717, 1.165) is 19.4 Å². The molecule has 20 heavy (non-hydrogen) atoms. The average Bonchev–Trinajstić information content (AvgIpc) is 2.45. The first kappa shape index (κ1) is 14.6. The highest BCUT2D eigenvalue weighted by Crippen LogP contribution is 2.11. The van der Waals surface area contributed by atoms with Gasteiger partial charge in [-0.1, -0.05) is 42.0 Å². The maximum Gasteiger partial charge on any atom is 0.115 e. The van der Waals surface area contributed by atoms with Crippen LogP contribution in [0.25, 0.3) is 0 Å². The Morgan fingerprint density at radius 1 is 1.05 bits per heavy atom. The van der Waals surface area contributed by atoms with Crippen LogP contribution in [0.2, 0.25) is 0 Å². The molecule has 0 spiro atoms. The van der Waals surface area contributed by atoms with E-state index in [0.29, 0.717) is 11.8 Å². The molecule has 0 saturated carbocycles. The maximum absolute atomic E-state index is 9.25. The van der Waals surface area contributed by atoms with Crippen LogP contribution in [0.4, 0.5) is 0 Å². The summed E-state index contributed by atoms with van der Waals surface area (Å²) >= 11 is 0. The van der Waals surface area contributed by atoms with E-state index in [4.69, 9.17) is 0 Å². The van der Waals surface area contributed by atoms with E-state index >= 15 is 0 Å². The third-order valence-corrected chi connectivity index (χ3v) is 3.54. The predicted molar refractivity (Wildman–Crippen MR) is 83.9 cm³/mol. The second-order valence-corrected chi connectivity index (χ2v) is 5.48. The molecule has 0 aliphatic carbocycles. The number of benzene rings is 2. The van der Waals surface area contributed by atoms with E-state index in [9.17, 15) is 5.11 Å². The molecule has 2 nitrogen and oxygen atoms in total. The van der Waals surface area contributed by atoms with Crippen LogP contribution in [-0.2, 0) is 13.0 Å². The molecule has 0 aromatic heterocycles. The second-order valence-electron chi connectivity index (χ2n) is 5.48. The van der Waals surface area contributed by atoms with Crippen molar-refractivity contribution < 1.29 is 5.11 Å². The molecular formula is C18H23NO. The Hall–Kier alpha value is -1.80. The fraction of sp³-hybridized carbons (Fsp3) is 0.333. The normalized spacial score (nSPS) is 12.3. The van der Waals surface area contributed by atoms with Gasteiger partial charge in [-0.15, -0.1) is 0 Å². The zero-order valence-corrected chi connectivity index (χ0v) is 12.3. The number of rotatable bonds is 6. The summed E-state index contributed by atoms with van der Waals surface area (Å²) in [7, 11) is 0. The number of aryl methyl sites for hydroxylation is 2. The molecule has 2 rings (SSSR count). The zero-order valence-electron chi connectivity index (χ0n) is 12.3. The topological polar surface area (TPSA) is 32.3 Å². The van der Waals surface area contributed by atoms with Crippen molar-refractivity contribution in [2.45, 2.75) is 39.3 Å². The molecule has 1 unspecified atom stereocenters. The summed E-state index contributed by atoms with van der Waals surface area (Å²) < 4.78 is 0. The number of nitrogens with one attached hydrogen (secondary N) is 1. The number of hydrogen-bond acceptors (Lipinski definition) is 2. The van der Waals surface area contributed by atoms with Gasteiger partial charge in [0.25, 0.3) is 0 Å². The molecule has 0 heterocycles. The number of phenolic OH excluding ortho intramolecular Hbond substituents is 1. The summed E-state index contributed by atoms with van der Waals surface area (Å²) in [5, 5.41) is 12.8. The first-order chi connectivity index (χ1) is 9.63. The minimum absolute atomic E-state index is 0.321. The molecule has 106 valence electrons. The van der Waals surface area contributed by atoms with Crippen molar-refractivity contribution in [2.24, 2.45) is 0 Å². The Balaban J connectivity index is 1.75. The van der Waals surface area contributed by atoms with Crippen molar-refractivity contribution in [3.63, 3.8) is 0 Å². The monoisotopic (exact) mass is 269 g/mol. The first-order valence-electron chi connectivity index (χ1n) is 7.20. The van der Waals surface area contributed by atoms with Crippen LogP contribution in [0, 0.1) is 6.92 Å². The van der Waals surface area contributed by atoms with E-state index < -0.39 is 0 Å². The lowest BCUT2D eigenvalue weighted by atomic mass is 10.0. The number of phenols is 1. The first-order valence-corrected chi connectivity index (χ1v) is 7.20. The molecule has 0 aliphatic rings. The van der Waals surface area contributed by atoms with Crippen molar-refractivity contribution in [1.82, 2.24) is 5.32 Å². The average molecular weight is 269 g/mol. The number of hydrogen-bond donors (Lipinski definition) is 2. The molecule has 2 heteroatoms. The summed E-state index contributed by atoms with van der Waals surface area (Å²) in [6, 6.07) is 16.6. The van der Waals surface area contributed by atoms with Crippen molar-refractivity contribution in [2.75, 3.05) is 0 Å². The van der Waals surface area contributed by atoms with Crippen LogP contribution in [-0.4, -0.2) is 11.1 Å². The van der Waals surface area contributed by atoms with Crippen LogP contribution in [0.3, 0.4) is 0 Å². The summed E-state index contributed by atoms with van der Waals surface area (Å²) in [6.07, 6.45) is 2.23. The molecule has 2 aromatic rings. The number of aromatic hydroxyl groups is 1. The smallest absolute Gasteiger partial charge is 0.115 e. The molecule has 2 aromatic carbocycles. The fourth-order valence-electron chi connectivity index (χ4n) is 2.26. The van der Waals surface area contributed by atoms with Gasteiger partial charge >= 0.3 is 0 Å². The van der Waals surface area contributed by atoms with Gasteiger partial charge in [-0.05, 0) is 49.9 Å². The van der Waals surface area contributed by atoms with Gasteiger partial charge in [-0.3, -0.25) is 0 Å². The maximum atomic E-state index is 9.25. The minimum atomic E-state index is 0.321. The Morgan fingerprint density at radius 2 is 1.80 bits per heavy atom. The summed E-state index contributed by atoms with van der Waals surface area (Å²) in [6.45, 7) is 5.20. The molecule has 0 aliphatic heterocycles. The molecule has 0 radical (unpaired) electrons. The minimum Gasteiger partial charge on any atom is -0.508 e. The van der Waals surface area contributed by atoms with E-state index in [1.807, 2.05) is 12.1 Å². The van der Waals surface area contributed by atoms with Gasteiger partial charge in [0.05, 0.1) is 0 Å². The van der Waals surface area contributed by atoms with Crippen molar-refractivity contribution in [3.8, 4) is 5.75 Å². The summed E-state index contributed by atoms with van der Waals surface area (Å²) in [5.74, 6) is 0.321.